The average Bonchev–Trinajstić information content (AvgIpc) is 3.37. The molecule has 1 aromatic carbocycles. The maximum atomic E-state index is 13.2. The number of carbonyl (C=O) groups is 1. The van der Waals surface area contributed by atoms with Gasteiger partial charge in [-0.05, 0) is 42.3 Å². The summed E-state index contributed by atoms with van der Waals surface area (Å²) >= 11 is 1.58. The van der Waals surface area contributed by atoms with E-state index in [0.29, 0.717) is 24.8 Å². The lowest BCUT2D eigenvalue weighted by atomic mass is 9.92. The highest BCUT2D eigenvalue weighted by Crippen LogP contribution is 2.27. The molecule has 1 saturated heterocycles. The fraction of sp³-hybridized carbons (Fsp3) is 0.350. The molecule has 1 fully saturated rings. The van der Waals surface area contributed by atoms with Crippen molar-refractivity contribution in [3.63, 3.8) is 0 Å². The highest BCUT2D eigenvalue weighted by Gasteiger charge is 2.32. The monoisotopic (exact) mass is 381 g/mol. The van der Waals surface area contributed by atoms with Gasteiger partial charge in [-0.25, -0.2) is 9.67 Å². The van der Waals surface area contributed by atoms with Crippen molar-refractivity contribution < 1.29 is 4.79 Å². The minimum atomic E-state index is -0.134. The maximum absolute atomic E-state index is 13.2. The number of piperidine rings is 1. The average molecular weight is 382 g/mol. The van der Waals surface area contributed by atoms with Crippen LogP contribution in [0, 0.1) is 5.92 Å². The molecule has 2 unspecified atom stereocenters. The van der Waals surface area contributed by atoms with Gasteiger partial charge in [0.2, 0.25) is 5.82 Å². The first-order valence-electron chi connectivity index (χ1n) is 9.24. The van der Waals surface area contributed by atoms with E-state index in [9.17, 15) is 4.79 Å². The van der Waals surface area contributed by atoms with E-state index in [4.69, 9.17) is 5.73 Å². The lowest BCUT2D eigenvalue weighted by Crippen LogP contribution is -2.49. The van der Waals surface area contributed by atoms with Crippen LogP contribution in [0.1, 0.15) is 30.4 Å². The Morgan fingerprint density at radius 2 is 2.07 bits per heavy atom. The van der Waals surface area contributed by atoms with Crippen LogP contribution in [-0.2, 0) is 0 Å². The van der Waals surface area contributed by atoms with Gasteiger partial charge in [-0.15, -0.1) is 16.4 Å². The Morgan fingerprint density at radius 1 is 1.26 bits per heavy atom. The maximum Gasteiger partial charge on any atom is 0.293 e. The molecule has 2 atom stereocenters. The van der Waals surface area contributed by atoms with E-state index < -0.39 is 0 Å². The van der Waals surface area contributed by atoms with Crippen molar-refractivity contribution in [3.8, 4) is 16.4 Å². The van der Waals surface area contributed by atoms with Gasteiger partial charge in [-0.1, -0.05) is 31.2 Å². The van der Waals surface area contributed by atoms with E-state index in [1.165, 1.54) is 0 Å². The Balaban J connectivity index is 1.72. The molecule has 0 spiro atoms. The van der Waals surface area contributed by atoms with Crippen molar-refractivity contribution in [3.05, 3.63) is 53.7 Å². The first-order chi connectivity index (χ1) is 13.2. The molecule has 1 aliphatic rings. The van der Waals surface area contributed by atoms with Gasteiger partial charge in [-0.2, -0.15) is 0 Å². The summed E-state index contributed by atoms with van der Waals surface area (Å²) in [7, 11) is 0. The van der Waals surface area contributed by atoms with Gasteiger partial charge >= 0.3 is 0 Å². The van der Waals surface area contributed by atoms with Crippen LogP contribution in [0.5, 0.6) is 0 Å². The highest BCUT2D eigenvalue weighted by atomic mass is 32.1. The largest absolute Gasteiger partial charge is 0.332 e. The molecule has 6 nitrogen and oxygen atoms in total. The van der Waals surface area contributed by atoms with Gasteiger partial charge in [-0.3, -0.25) is 4.79 Å². The molecule has 3 aromatic rings. The molecular formula is C20H23N5OS. The zero-order chi connectivity index (χ0) is 18.8. The van der Waals surface area contributed by atoms with Gasteiger partial charge in [0.25, 0.3) is 5.91 Å². The molecule has 0 aliphatic carbocycles. The number of amides is 1. The van der Waals surface area contributed by atoms with Crippen LogP contribution >= 0.6 is 11.3 Å². The Hall–Kier alpha value is -2.51. The molecule has 1 aliphatic heterocycles. The minimum Gasteiger partial charge on any atom is -0.332 e. The number of nitrogens with zero attached hydrogens (tertiary/aromatic N) is 4. The van der Waals surface area contributed by atoms with E-state index >= 15 is 0 Å². The molecule has 0 bridgehead atoms. The lowest BCUT2D eigenvalue weighted by molar-refractivity contribution is 0.0561. The van der Waals surface area contributed by atoms with E-state index in [-0.39, 0.29) is 17.8 Å². The predicted molar refractivity (Wildman–Crippen MR) is 107 cm³/mol. The van der Waals surface area contributed by atoms with Gasteiger partial charge in [0.1, 0.15) is 0 Å². The van der Waals surface area contributed by atoms with E-state index in [1.54, 1.807) is 16.0 Å². The van der Waals surface area contributed by atoms with E-state index in [0.717, 1.165) is 23.4 Å². The molecule has 0 radical (unpaired) electrons. The van der Waals surface area contributed by atoms with Crippen LogP contribution in [0.4, 0.5) is 0 Å². The zero-order valence-corrected chi connectivity index (χ0v) is 16.1. The Kier molecular flexibility index (Phi) is 5.05. The number of aromatic nitrogens is 3. The molecular weight excluding hydrogens is 358 g/mol. The third kappa shape index (κ3) is 3.52. The summed E-state index contributed by atoms with van der Waals surface area (Å²) in [6.45, 7) is 3.38. The predicted octanol–water partition coefficient (Wildman–Crippen LogP) is 3.20. The summed E-state index contributed by atoms with van der Waals surface area (Å²) in [4.78, 5) is 20.6. The quantitative estimate of drug-likeness (QED) is 0.753. The van der Waals surface area contributed by atoms with Crippen molar-refractivity contribution in [1.82, 2.24) is 19.7 Å². The second-order valence-electron chi connectivity index (χ2n) is 7.00. The molecule has 2 N–H and O–H groups in total. The molecule has 0 saturated carbocycles. The Bertz CT molecular complexity index is 906. The highest BCUT2D eigenvalue weighted by molar-refractivity contribution is 7.13. The fourth-order valence-corrected chi connectivity index (χ4v) is 4.29. The number of thiophene rings is 1. The molecule has 140 valence electrons. The first kappa shape index (κ1) is 17.9. The third-order valence-electron chi connectivity index (χ3n) is 5.05. The van der Waals surface area contributed by atoms with Gasteiger partial charge < -0.3 is 10.6 Å². The summed E-state index contributed by atoms with van der Waals surface area (Å²) < 4.78 is 1.75. The van der Waals surface area contributed by atoms with Gasteiger partial charge in [0.05, 0.1) is 10.6 Å². The zero-order valence-electron chi connectivity index (χ0n) is 15.3. The van der Waals surface area contributed by atoms with E-state index in [1.807, 2.05) is 52.7 Å². The topological polar surface area (TPSA) is 77.0 Å². The number of hydrogen-bond donors (Lipinski definition) is 1. The van der Waals surface area contributed by atoms with Crippen molar-refractivity contribution in [2.45, 2.75) is 25.8 Å². The SMILES string of the molecule is CC1CCN(C(=O)c2nc(-c3cccs3)n(-c3ccccc3)n2)C(CN)C1. The molecule has 1 amide bonds. The lowest BCUT2D eigenvalue weighted by Gasteiger charge is -2.37. The minimum absolute atomic E-state index is 0.0510. The van der Waals surface area contributed by atoms with Crippen molar-refractivity contribution >= 4 is 17.2 Å². The number of likely N-dealkylation sites (tertiary alicyclic amines) is 1. The van der Waals surface area contributed by atoms with Crippen molar-refractivity contribution in [1.29, 1.82) is 0 Å². The van der Waals surface area contributed by atoms with Crippen LogP contribution in [0.15, 0.2) is 47.8 Å². The second kappa shape index (κ2) is 7.62. The second-order valence-corrected chi connectivity index (χ2v) is 7.95. The normalized spacial score (nSPS) is 20.0. The number of carbonyl (C=O) groups excluding carboxylic acids is 1. The molecule has 4 rings (SSSR count). The number of rotatable bonds is 4. The summed E-state index contributed by atoms with van der Waals surface area (Å²) in [6.07, 6.45) is 1.92. The number of nitrogens with two attached hydrogens (primary N) is 1. The van der Waals surface area contributed by atoms with Crippen LogP contribution in [0.2, 0.25) is 0 Å². The van der Waals surface area contributed by atoms with Crippen LogP contribution < -0.4 is 5.73 Å². The number of benzene rings is 1. The van der Waals surface area contributed by atoms with Crippen LogP contribution in [0.25, 0.3) is 16.4 Å². The van der Waals surface area contributed by atoms with Crippen LogP contribution in [-0.4, -0.2) is 44.7 Å². The van der Waals surface area contributed by atoms with Crippen LogP contribution in [0.3, 0.4) is 0 Å². The summed E-state index contributed by atoms with van der Waals surface area (Å²) in [5.41, 5.74) is 6.82. The van der Waals surface area contributed by atoms with Crippen molar-refractivity contribution in [2.75, 3.05) is 13.1 Å². The number of hydrogen-bond acceptors (Lipinski definition) is 5. The standard InChI is InChI=1S/C20H23N5OS/c1-14-9-10-24(16(12-14)13-21)20(26)18-22-19(17-8-5-11-27-17)25(23-18)15-6-3-2-4-7-15/h2-8,11,14,16H,9-10,12-13,21H2,1H3. The molecule has 27 heavy (non-hydrogen) atoms. The summed E-state index contributed by atoms with van der Waals surface area (Å²) in [6, 6.07) is 13.8. The van der Waals surface area contributed by atoms with Gasteiger partial charge in [0.15, 0.2) is 5.82 Å². The van der Waals surface area contributed by atoms with Crippen molar-refractivity contribution in [2.24, 2.45) is 11.7 Å². The smallest absolute Gasteiger partial charge is 0.293 e. The molecule has 2 aromatic heterocycles. The first-order valence-corrected chi connectivity index (χ1v) is 10.1. The van der Waals surface area contributed by atoms with E-state index in [2.05, 4.69) is 17.0 Å². The third-order valence-corrected chi connectivity index (χ3v) is 5.92. The van der Waals surface area contributed by atoms with Gasteiger partial charge in [0, 0.05) is 19.1 Å². The fourth-order valence-electron chi connectivity index (χ4n) is 3.59. The molecule has 7 heteroatoms. The molecule has 3 heterocycles. The Labute approximate surface area is 162 Å². The Morgan fingerprint density at radius 3 is 2.78 bits per heavy atom. The number of para-hydroxylation sites is 1. The summed E-state index contributed by atoms with van der Waals surface area (Å²) in [5, 5.41) is 6.58. The summed E-state index contributed by atoms with van der Waals surface area (Å²) in [5.74, 6) is 1.37.